The van der Waals surface area contributed by atoms with Gasteiger partial charge < -0.3 is 4.74 Å². The summed E-state index contributed by atoms with van der Waals surface area (Å²) in [5.41, 5.74) is 2.44. The van der Waals surface area contributed by atoms with Crippen LogP contribution in [0.1, 0.15) is 67.5 Å². The Hall–Kier alpha value is -1.75. The van der Waals surface area contributed by atoms with Crippen LogP contribution in [0.25, 0.3) is 0 Å². The van der Waals surface area contributed by atoms with Gasteiger partial charge in [0.15, 0.2) is 5.78 Å². The average molecular weight is 372 g/mol. The van der Waals surface area contributed by atoms with Crippen LogP contribution in [-0.4, -0.2) is 23.6 Å². The van der Waals surface area contributed by atoms with Gasteiger partial charge >= 0.3 is 5.97 Å². The maximum Gasteiger partial charge on any atom is 0.315 e. The van der Waals surface area contributed by atoms with Gasteiger partial charge in [-0.25, -0.2) is 0 Å². The summed E-state index contributed by atoms with van der Waals surface area (Å²) < 4.78 is 5.85. The zero-order valence-corrected chi connectivity index (χ0v) is 16.2. The molecule has 2 aliphatic carbocycles. The predicted octanol–water partition coefficient (Wildman–Crippen LogP) is 4.72. The van der Waals surface area contributed by atoms with E-state index < -0.39 is 5.92 Å². The van der Waals surface area contributed by atoms with Gasteiger partial charge in [0.1, 0.15) is 12.0 Å². The monoisotopic (exact) mass is 371 g/mol. The first-order valence-corrected chi connectivity index (χ1v) is 10.4. The predicted molar refractivity (Wildman–Crippen MR) is 103 cm³/mol. The van der Waals surface area contributed by atoms with Crippen molar-refractivity contribution in [3.05, 3.63) is 33.2 Å². The summed E-state index contributed by atoms with van der Waals surface area (Å²) in [6, 6.07) is 4.12. The van der Waals surface area contributed by atoms with Crippen LogP contribution in [0.3, 0.4) is 0 Å². The van der Waals surface area contributed by atoms with Gasteiger partial charge in [0.25, 0.3) is 0 Å². The molecule has 4 rings (SSSR count). The Labute approximate surface area is 158 Å². The van der Waals surface area contributed by atoms with Crippen molar-refractivity contribution < 1.29 is 14.3 Å². The highest BCUT2D eigenvalue weighted by atomic mass is 32.1. The van der Waals surface area contributed by atoms with Crippen molar-refractivity contribution in [2.75, 3.05) is 0 Å². The highest BCUT2D eigenvalue weighted by Crippen LogP contribution is 2.45. The van der Waals surface area contributed by atoms with Crippen molar-refractivity contribution >= 4 is 28.8 Å². The molecule has 0 saturated heterocycles. The molecular formula is C21H25NO3S. The minimum Gasteiger partial charge on any atom is -0.462 e. The highest BCUT2D eigenvalue weighted by Gasteiger charge is 2.44. The van der Waals surface area contributed by atoms with Crippen molar-refractivity contribution in [1.29, 1.82) is 0 Å². The number of nitrogens with zero attached hydrogens (tertiary/aromatic N) is 1. The molecule has 5 heteroatoms. The van der Waals surface area contributed by atoms with Crippen LogP contribution < -0.4 is 0 Å². The summed E-state index contributed by atoms with van der Waals surface area (Å²) in [6.07, 6.45) is 6.39. The minimum absolute atomic E-state index is 0.0263. The molecule has 0 bridgehead atoms. The molecule has 0 unspecified atom stereocenters. The summed E-state index contributed by atoms with van der Waals surface area (Å²) in [6.45, 7) is 3.97. The summed E-state index contributed by atoms with van der Waals surface area (Å²) in [4.78, 5) is 32.8. The van der Waals surface area contributed by atoms with Crippen LogP contribution in [-0.2, 0) is 14.3 Å². The fourth-order valence-corrected chi connectivity index (χ4v) is 5.51. The summed E-state index contributed by atoms with van der Waals surface area (Å²) in [5.74, 6) is -0.770. The number of allylic oxidation sites excluding steroid dienone is 2. The Morgan fingerprint density at radius 1 is 1.15 bits per heavy atom. The molecule has 0 aromatic carbocycles. The molecule has 2 atom stereocenters. The van der Waals surface area contributed by atoms with Gasteiger partial charge in [0, 0.05) is 39.1 Å². The molecule has 1 aromatic rings. The normalized spacial score (nSPS) is 26.7. The van der Waals surface area contributed by atoms with Gasteiger partial charge in [-0.1, -0.05) is 0 Å². The lowest BCUT2D eigenvalue weighted by atomic mass is 9.74. The van der Waals surface area contributed by atoms with Gasteiger partial charge in [-0.2, -0.15) is 0 Å². The Balaban J connectivity index is 1.73. The van der Waals surface area contributed by atoms with E-state index in [1.807, 2.05) is 6.92 Å². The third-order valence-electron chi connectivity index (χ3n) is 5.74. The van der Waals surface area contributed by atoms with Crippen molar-refractivity contribution in [1.82, 2.24) is 0 Å². The van der Waals surface area contributed by atoms with E-state index in [-0.39, 0.29) is 23.8 Å². The molecular weight excluding hydrogens is 346 g/mol. The Morgan fingerprint density at radius 2 is 1.92 bits per heavy atom. The molecule has 1 aliphatic heterocycles. The lowest BCUT2D eigenvalue weighted by molar-refractivity contribution is -0.151. The molecule has 1 fully saturated rings. The zero-order chi connectivity index (χ0) is 18.3. The standard InChI is InChI=1S/C21H25NO3S/c1-12-10-11-17(26-12)20-18(21(24)25-14-6-3-4-7-14)13(2)22-15-8-5-9-16(23)19(15)20/h10-11,14,18,20H,3-9H2,1-2H3/t18-,20-/m1/s1. The highest BCUT2D eigenvalue weighted by molar-refractivity contribution is 7.12. The molecule has 0 amide bonds. The van der Waals surface area contributed by atoms with E-state index in [9.17, 15) is 9.59 Å². The molecule has 4 nitrogen and oxygen atoms in total. The Bertz CT molecular complexity index is 798. The number of rotatable bonds is 3. The van der Waals surface area contributed by atoms with Gasteiger partial charge in [-0.3, -0.25) is 14.6 Å². The van der Waals surface area contributed by atoms with Gasteiger partial charge in [-0.15, -0.1) is 11.3 Å². The third-order valence-corrected chi connectivity index (χ3v) is 6.82. The largest absolute Gasteiger partial charge is 0.462 e. The van der Waals surface area contributed by atoms with E-state index in [0.29, 0.717) is 6.42 Å². The van der Waals surface area contributed by atoms with E-state index >= 15 is 0 Å². The first-order chi connectivity index (χ1) is 12.5. The zero-order valence-electron chi connectivity index (χ0n) is 15.4. The number of thiophene rings is 1. The van der Waals surface area contributed by atoms with Crippen LogP contribution in [0.15, 0.2) is 28.4 Å². The number of esters is 1. The molecule has 3 aliphatic rings. The topological polar surface area (TPSA) is 55.7 Å². The Morgan fingerprint density at radius 3 is 2.62 bits per heavy atom. The second-order valence-corrected chi connectivity index (χ2v) is 8.96. The lowest BCUT2D eigenvalue weighted by Crippen LogP contribution is -2.38. The van der Waals surface area contributed by atoms with Crippen molar-refractivity contribution in [3.63, 3.8) is 0 Å². The number of aryl methyl sites for hydroxylation is 1. The minimum atomic E-state index is -0.477. The quantitative estimate of drug-likeness (QED) is 0.722. The third kappa shape index (κ3) is 3.18. The number of ketones is 1. The Kier molecular flexibility index (Phi) is 4.82. The lowest BCUT2D eigenvalue weighted by Gasteiger charge is -2.34. The molecule has 26 heavy (non-hydrogen) atoms. The van der Waals surface area contributed by atoms with Gasteiger partial charge in [0.2, 0.25) is 0 Å². The van der Waals surface area contributed by atoms with E-state index in [2.05, 4.69) is 19.1 Å². The number of hydrogen-bond donors (Lipinski definition) is 0. The summed E-state index contributed by atoms with van der Waals surface area (Å²) >= 11 is 1.67. The smallest absolute Gasteiger partial charge is 0.315 e. The maximum absolute atomic E-state index is 13.1. The first kappa shape index (κ1) is 17.7. The molecule has 1 saturated carbocycles. The number of carbonyl (C=O) groups is 2. The number of carbonyl (C=O) groups excluding carboxylic acids is 2. The molecule has 0 N–H and O–H groups in total. The molecule has 0 spiro atoms. The van der Waals surface area contributed by atoms with Gasteiger partial charge in [-0.05, 0) is 64.5 Å². The number of hydrogen-bond acceptors (Lipinski definition) is 5. The van der Waals surface area contributed by atoms with Gasteiger partial charge in [0.05, 0.1) is 0 Å². The summed E-state index contributed by atoms with van der Waals surface area (Å²) in [5, 5.41) is 0. The number of aliphatic imine (C=N–C) groups is 1. The SMILES string of the molecule is CC1=NC2=C(C(=O)CCC2)[C@H](c2ccc(C)s2)[C@@H]1C(=O)OC1CCCC1. The van der Waals surface area contributed by atoms with Crippen LogP contribution in [0.4, 0.5) is 0 Å². The van der Waals surface area contributed by atoms with Crippen molar-refractivity contribution in [2.24, 2.45) is 10.9 Å². The second kappa shape index (κ2) is 7.10. The van der Waals surface area contributed by atoms with Crippen LogP contribution in [0.2, 0.25) is 0 Å². The fraction of sp³-hybridized carbons (Fsp3) is 0.571. The van der Waals surface area contributed by atoms with E-state index in [1.165, 1.54) is 4.88 Å². The van der Waals surface area contributed by atoms with E-state index in [4.69, 9.17) is 9.73 Å². The second-order valence-electron chi connectivity index (χ2n) is 7.64. The summed E-state index contributed by atoms with van der Waals surface area (Å²) in [7, 11) is 0. The molecule has 1 aromatic heterocycles. The number of Topliss-reactive ketones (excluding diaryl/α,β-unsaturated/α-hetero) is 1. The van der Waals surface area contributed by atoms with Crippen LogP contribution in [0.5, 0.6) is 0 Å². The van der Waals surface area contributed by atoms with E-state index in [1.54, 1.807) is 11.3 Å². The van der Waals surface area contributed by atoms with Crippen molar-refractivity contribution in [3.8, 4) is 0 Å². The average Bonchev–Trinajstić information content (AvgIpc) is 3.25. The molecule has 0 radical (unpaired) electrons. The fourth-order valence-electron chi connectivity index (χ4n) is 4.48. The first-order valence-electron chi connectivity index (χ1n) is 9.63. The van der Waals surface area contributed by atoms with Crippen LogP contribution in [0, 0.1) is 12.8 Å². The molecule has 2 heterocycles. The van der Waals surface area contributed by atoms with Crippen molar-refractivity contribution in [2.45, 2.75) is 70.8 Å². The van der Waals surface area contributed by atoms with Crippen LogP contribution >= 0.6 is 11.3 Å². The maximum atomic E-state index is 13.1. The molecule has 138 valence electrons. The van der Waals surface area contributed by atoms with E-state index in [0.717, 1.165) is 60.4 Å². The number of ether oxygens (including phenoxy) is 1.